The molecule has 1 aromatic heterocycles. The fourth-order valence-corrected chi connectivity index (χ4v) is 2.10. The van der Waals surface area contributed by atoms with Gasteiger partial charge in [-0.1, -0.05) is 12.1 Å². The molecule has 4 heteroatoms. The number of ether oxygens (including phenoxy) is 2. The number of nitrogens with zero attached hydrogens (tertiary/aromatic N) is 1. The minimum Gasteiger partial charge on any atom is -0.486 e. The Balaban J connectivity index is 1.59. The van der Waals surface area contributed by atoms with Crippen molar-refractivity contribution in [1.29, 1.82) is 0 Å². The van der Waals surface area contributed by atoms with Crippen molar-refractivity contribution >= 4 is 5.69 Å². The molecule has 1 aromatic carbocycles. The fourth-order valence-electron chi connectivity index (χ4n) is 2.10. The summed E-state index contributed by atoms with van der Waals surface area (Å²) in [5.74, 6) is 1.65. The number of rotatable bonds is 3. The van der Waals surface area contributed by atoms with E-state index in [4.69, 9.17) is 15.2 Å². The third kappa shape index (κ3) is 2.78. The van der Waals surface area contributed by atoms with Gasteiger partial charge in [0.2, 0.25) is 0 Å². The second kappa shape index (κ2) is 5.18. The van der Waals surface area contributed by atoms with Crippen molar-refractivity contribution in [2.45, 2.75) is 18.9 Å². The van der Waals surface area contributed by atoms with E-state index in [0.29, 0.717) is 12.3 Å². The van der Waals surface area contributed by atoms with Crippen LogP contribution in [0.1, 0.15) is 12.1 Å². The highest BCUT2D eigenvalue weighted by atomic mass is 16.6. The summed E-state index contributed by atoms with van der Waals surface area (Å²) in [6, 6.07) is 11.6. The zero-order chi connectivity index (χ0) is 13.1. The highest BCUT2D eigenvalue weighted by Gasteiger charge is 2.20. The summed E-state index contributed by atoms with van der Waals surface area (Å²) in [7, 11) is 0. The monoisotopic (exact) mass is 256 g/mol. The number of aryl methyl sites for hydroxylation is 1. The molecule has 0 radical (unpaired) electrons. The molecule has 4 nitrogen and oxygen atoms in total. The Hall–Kier alpha value is -2.23. The average Bonchev–Trinajstić information content (AvgIpc) is 2.46. The van der Waals surface area contributed by atoms with E-state index in [2.05, 4.69) is 4.98 Å². The van der Waals surface area contributed by atoms with Crippen LogP contribution in [0, 0.1) is 0 Å². The Bertz CT molecular complexity index is 554. The number of para-hydroxylation sites is 2. The summed E-state index contributed by atoms with van der Waals surface area (Å²) in [6.07, 6.45) is 3.50. The van der Waals surface area contributed by atoms with E-state index in [-0.39, 0.29) is 6.10 Å². The van der Waals surface area contributed by atoms with Crippen molar-refractivity contribution in [2.75, 3.05) is 12.3 Å². The molecular formula is C15H16N2O2. The van der Waals surface area contributed by atoms with Crippen LogP contribution in [-0.2, 0) is 6.42 Å². The van der Waals surface area contributed by atoms with Gasteiger partial charge in [0.1, 0.15) is 12.7 Å². The highest BCUT2D eigenvalue weighted by molar-refractivity contribution is 5.40. The predicted octanol–water partition coefficient (Wildman–Crippen LogP) is 2.44. The molecule has 0 fully saturated rings. The van der Waals surface area contributed by atoms with Crippen molar-refractivity contribution in [3.8, 4) is 11.5 Å². The minimum absolute atomic E-state index is 0.0780. The summed E-state index contributed by atoms with van der Waals surface area (Å²) in [4.78, 5) is 4.29. The van der Waals surface area contributed by atoms with E-state index in [1.165, 1.54) is 0 Å². The molecule has 0 bridgehead atoms. The van der Waals surface area contributed by atoms with Crippen LogP contribution in [0.4, 0.5) is 5.69 Å². The van der Waals surface area contributed by atoms with Crippen molar-refractivity contribution in [1.82, 2.24) is 4.98 Å². The number of anilines is 1. The first-order valence-electron chi connectivity index (χ1n) is 6.40. The topological polar surface area (TPSA) is 57.4 Å². The highest BCUT2D eigenvalue weighted by Crippen LogP contribution is 2.31. The van der Waals surface area contributed by atoms with E-state index >= 15 is 0 Å². The van der Waals surface area contributed by atoms with Gasteiger partial charge in [-0.3, -0.25) is 4.98 Å². The number of fused-ring (bicyclic) bond motifs is 1. The summed E-state index contributed by atoms with van der Waals surface area (Å²) >= 11 is 0. The molecule has 0 spiro atoms. The SMILES string of the molecule is Nc1ccc(CCC2COc3ccccc3O2)nc1. The first-order valence-corrected chi connectivity index (χ1v) is 6.40. The Labute approximate surface area is 112 Å². The molecular weight excluding hydrogens is 240 g/mol. The number of nitrogen functional groups attached to an aromatic ring is 1. The molecule has 2 aromatic rings. The van der Waals surface area contributed by atoms with Gasteiger partial charge in [0, 0.05) is 5.69 Å². The number of hydrogen-bond acceptors (Lipinski definition) is 4. The van der Waals surface area contributed by atoms with Gasteiger partial charge in [-0.15, -0.1) is 0 Å². The standard InChI is InChI=1S/C15H16N2O2/c16-11-5-6-12(17-9-11)7-8-13-10-18-14-3-1-2-4-15(14)19-13/h1-6,9,13H,7-8,10,16H2. The molecule has 0 saturated carbocycles. The molecule has 2 N–H and O–H groups in total. The molecule has 19 heavy (non-hydrogen) atoms. The summed E-state index contributed by atoms with van der Waals surface area (Å²) in [5, 5.41) is 0. The molecule has 0 saturated heterocycles. The first kappa shape index (κ1) is 11.8. The average molecular weight is 256 g/mol. The van der Waals surface area contributed by atoms with Crippen LogP contribution in [0.5, 0.6) is 11.5 Å². The Morgan fingerprint density at radius 3 is 2.79 bits per heavy atom. The zero-order valence-electron chi connectivity index (χ0n) is 10.6. The third-order valence-corrected chi connectivity index (χ3v) is 3.14. The van der Waals surface area contributed by atoms with E-state index in [9.17, 15) is 0 Å². The number of benzene rings is 1. The van der Waals surface area contributed by atoms with Crippen LogP contribution in [-0.4, -0.2) is 17.7 Å². The zero-order valence-corrected chi connectivity index (χ0v) is 10.6. The van der Waals surface area contributed by atoms with Crippen molar-refractivity contribution in [3.63, 3.8) is 0 Å². The molecule has 1 aliphatic heterocycles. The number of nitrogens with two attached hydrogens (primary N) is 1. The maximum atomic E-state index is 5.90. The normalized spacial score (nSPS) is 17.2. The van der Waals surface area contributed by atoms with Gasteiger partial charge < -0.3 is 15.2 Å². The number of pyridine rings is 1. The van der Waals surface area contributed by atoms with Crippen LogP contribution in [0.25, 0.3) is 0 Å². The Kier molecular flexibility index (Phi) is 3.23. The van der Waals surface area contributed by atoms with Gasteiger partial charge in [-0.05, 0) is 37.1 Å². The first-order chi connectivity index (χ1) is 9.31. The minimum atomic E-state index is 0.0780. The molecule has 1 aliphatic rings. The smallest absolute Gasteiger partial charge is 0.161 e. The lowest BCUT2D eigenvalue weighted by atomic mass is 10.1. The Morgan fingerprint density at radius 2 is 2.00 bits per heavy atom. The van der Waals surface area contributed by atoms with Crippen LogP contribution in [0.15, 0.2) is 42.6 Å². The summed E-state index contributed by atoms with van der Waals surface area (Å²) in [5.41, 5.74) is 7.33. The lowest BCUT2D eigenvalue weighted by Gasteiger charge is -2.26. The van der Waals surface area contributed by atoms with E-state index in [1.807, 2.05) is 36.4 Å². The van der Waals surface area contributed by atoms with Gasteiger partial charge >= 0.3 is 0 Å². The van der Waals surface area contributed by atoms with E-state index in [1.54, 1.807) is 6.20 Å². The fraction of sp³-hybridized carbons (Fsp3) is 0.267. The van der Waals surface area contributed by atoms with Gasteiger partial charge in [-0.2, -0.15) is 0 Å². The molecule has 1 atom stereocenters. The largest absolute Gasteiger partial charge is 0.486 e. The Morgan fingerprint density at radius 1 is 1.16 bits per heavy atom. The van der Waals surface area contributed by atoms with Crippen LogP contribution >= 0.6 is 0 Å². The summed E-state index contributed by atoms with van der Waals surface area (Å²) < 4.78 is 11.6. The van der Waals surface area contributed by atoms with Crippen LogP contribution in [0.3, 0.4) is 0 Å². The predicted molar refractivity (Wildman–Crippen MR) is 73.3 cm³/mol. The van der Waals surface area contributed by atoms with Crippen molar-refractivity contribution in [3.05, 3.63) is 48.3 Å². The second-order valence-corrected chi connectivity index (χ2v) is 4.62. The molecule has 0 amide bonds. The molecule has 0 aliphatic carbocycles. The number of aromatic nitrogens is 1. The molecule has 1 unspecified atom stereocenters. The van der Waals surface area contributed by atoms with Crippen molar-refractivity contribution < 1.29 is 9.47 Å². The van der Waals surface area contributed by atoms with Gasteiger partial charge in [0.15, 0.2) is 11.5 Å². The lowest BCUT2D eigenvalue weighted by molar-refractivity contribution is 0.0849. The number of hydrogen-bond donors (Lipinski definition) is 1. The van der Waals surface area contributed by atoms with E-state index in [0.717, 1.165) is 30.0 Å². The third-order valence-electron chi connectivity index (χ3n) is 3.14. The molecule has 98 valence electrons. The maximum Gasteiger partial charge on any atom is 0.161 e. The van der Waals surface area contributed by atoms with Crippen molar-refractivity contribution in [2.24, 2.45) is 0 Å². The maximum absolute atomic E-state index is 5.90. The van der Waals surface area contributed by atoms with Gasteiger partial charge in [0.25, 0.3) is 0 Å². The molecule has 2 heterocycles. The second-order valence-electron chi connectivity index (χ2n) is 4.62. The lowest BCUT2D eigenvalue weighted by Crippen LogP contribution is -2.29. The van der Waals surface area contributed by atoms with Gasteiger partial charge in [0.05, 0.1) is 11.9 Å². The summed E-state index contributed by atoms with van der Waals surface area (Å²) in [6.45, 7) is 0.589. The van der Waals surface area contributed by atoms with Gasteiger partial charge in [-0.25, -0.2) is 0 Å². The van der Waals surface area contributed by atoms with Crippen LogP contribution < -0.4 is 15.2 Å². The van der Waals surface area contributed by atoms with Crippen LogP contribution in [0.2, 0.25) is 0 Å². The van der Waals surface area contributed by atoms with E-state index < -0.39 is 0 Å². The molecule has 3 rings (SSSR count). The quantitative estimate of drug-likeness (QED) is 0.916.